The molecule has 0 bridgehead atoms. The molecule has 0 amide bonds. The van der Waals surface area contributed by atoms with Crippen molar-refractivity contribution in [2.75, 3.05) is 13.1 Å². The molecule has 2 aromatic rings. The second kappa shape index (κ2) is 4.35. The van der Waals surface area contributed by atoms with Gasteiger partial charge in [0.1, 0.15) is 11.6 Å². The lowest BCUT2D eigenvalue weighted by Crippen LogP contribution is -2.26. The maximum absolute atomic E-state index is 13.8. The maximum Gasteiger partial charge on any atom is 0.141 e. The Hall–Kier alpha value is -1.00. The minimum atomic E-state index is -0.313. The van der Waals surface area contributed by atoms with Crippen LogP contribution in [0.15, 0.2) is 17.5 Å². The number of thiophene rings is 1. The Labute approximate surface area is 102 Å². The van der Waals surface area contributed by atoms with Crippen LogP contribution in [0.1, 0.15) is 24.3 Å². The van der Waals surface area contributed by atoms with E-state index in [1.165, 1.54) is 23.5 Å². The van der Waals surface area contributed by atoms with Crippen LogP contribution < -0.4 is 5.32 Å². The normalized spacial score (nSPS) is 17.8. The van der Waals surface area contributed by atoms with Gasteiger partial charge in [0.15, 0.2) is 0 Å². The Morgan fingerprint density at radius 2 is 1.82 bits per heavy atom. The zero-order chi connectivity index (χ0) is 11.8. The molecule has 1 fully saturated rings. The molecule has 0 atom stereocenters. The van der Waals surface area contributed by atoms with Gasteiger partial charge in [-0.3, -0.25) is 0 Å². The summed E-state index contributed by atoms with van der Waals surface area (Å²) in [6, 6.07) is 2.44. The molecule has 1 N–H and O–H groups in total. The SMILES string of the molecule is Fc1ccc(F)c2c(C3CCNCC3)csc12. The molecule has 0 aliphatic carbocycles. The number of fused-ring (bicyclic) bond motifs is 1. The van der Waals surface area contributed by atoms with Crippen molar-refractivity contribution in [1.82, 2.24) is 5.32 Å². The number of nitrogens with one attached hydrogen (secondary N) is 1. The topological polar surface area (TPSA) is 12.0 Å². The van der Waals surface area contributed by atoms with Crippen molar-refractivity contribution in [1.29, 1.82) is 0 Å². The van der Waals surface area contributed by atoms with Gasteiger partial charge in [-0.2, -0.15) is 0 Å². The van der Waals surface area contributed by atoms with Crippen molar-refractivity contribution in [3.63, 3.8) is 0 Å². The second-order valence-corrected chi connectivity index (χ2v) is 5.33. The van der Waals surface area contributed by atoms with E-state index in [1.54, 1.807) is 0 Å². The summed E-state index contributed by atoms with van der Waals surface area (Å²) in [7, 11) is 0. The average Bonchev–Trinajstić information content (AvgIpc) is 2.81. The highest BCUT2D eigenvalue weighted by atomic mass is 32.1. The number of benzene rings is 1. The molecule has 1 aliphatic heterocycles. The van der Waals surface area contributed by atoms with Crippen LogP contribution in [-0.4, -0.2) is 13.1 Å². The summed E-state index contributed by atoms with van der Waals surface area (Å²) >= 11 is 1.31. The van der Waals surface area contributed by atoms with Crippen molar-refractivity contribution in [2.45, 2.75) is 18.8 Å². The molecule has 0 spiro atoms. The first kappa shape index (κ1) is 11.1. The van der Waals surface area contributed by atoms with Crippen LogP contribution in [-0.2, 0) is 0 Å². The van der Waals surface area contributed by atoms with Crippen LogP contribution in [0.5, 0.6) is 0 Å². The van der Waals surface area contributed by atoms with E-state index in [0.29, 0.717) is 16.0 Å². The van der Waals surface area contributed by atoms with Crippen molar-refractivity contribution in [2.24, 2.45) is 0 Å². The highest BCUT2D eigenvalue weighted by Gasteiger charge is 2.21. The van der Waals surface area contributed by atoms with Gasteiger partial charge in [0.25, 0.3) is 0 Å². The van der Waals surface area contributed by atoms with Gasteiger partial charge in [0.2, 0.25) is 0 Å². The van der Waals surface area contributed by atoms with E-state index in [1.807, 2.05) is 5.38 Å². The van der Waals surface area contributed by atoms with Gasteiger partial charge < -0.3 is 5.32 Å². The Morgan fingerprint density at radius 1 is 1.12 bits per heavy atom. The zero-order valence-corrected chi connectivity index (χ0v) is 10.1. The van der Waals surface area contributed by atoms with E-state index < -0.39 is 0 Å². The van der Waals surface area contributed by atoms with Crippen LogP contribution in [0, 0.1) is 11.6 Å². The van der Waals surface area contributed by atoms with E-state index in [4.69, 9.17) is 0 Å². The zero-order valence-electron chi connectivity index (χ0n) is 9.30. The summed E-state index contributed by atoms with van der Waals surface area (Å²) in [5, 5.41) is 5.71. The van der Waals surface area contributed by atoms with E-state index in [9.17, 15) is 8.78 Å². The van der Waals surface area contributed by atoms with E-state index in [-0.39, 0.29) is 11.6 Å². The fraction of sp³-hybridized carbons (Fsp3) is 0.385. The minimum Gasteiger partial charge on any atom is -0.317 e. The molecule has 2 heterocycles. The van der Waals surface area contributed by atoms with Crippen molar-refractivity contribution in [3.8, 4) is 0 Å². The maximum atomic E-state index is 13.8. The highest BCUT2D eigenvalue weighted by molar-refractivity contribution is 7.17. The summed E-state index contributed by atoms with van der Waals surface area (Å²) in [6.45, 7) is 1.91. The molecule has 0 saturated carbocycles. The van der Waals surface area contributed by atoms with Gasteiger partial charge >= 0.3 is 0 Å². The number of hydrogen-bond donors (Lipinski definition) is 1. The molecular formula is C13H13F2NS. The molecule has 17 heavy (non-hydrogen) atoms. The highest BCUT2D eigenvalue weighted by Crippen LogP contribution is 2.37. The smallest absolute Gasteiger partial charge is 0.141 e. The Morgan fingerprint density at radius 3 is 2.59 bits per heavy atom. The van der Waals surface area contributed by atoms with Gasteiger partial charge in [-0.1, -0.05) is 0 Å². The molecule has 1 aromatic heterocycles. The third-order valence-electron chi connectivity index (χ3n) is 3.43. The second-order valence-electron chi connectivity index (χ2n) is 4.45. The van der Waals surface area contributed by atoms with Crippen LogP contribution in [0.2, 0.25) is 0 Å². The van der Waals surface area contributed by atoms with Crippen LogP contribution in [0.4, 0.5) is 8.78 Å². The number of rotatable bonds is 1. The molecule has 1 aromatic carbocycles. The summed E-state index contributed by atoms with van der Waals surface area (Å²) in [5.41, 5.74) is 0.989. The van der Waals surface area contributed by atoms with Crippen molar-refractivity contribution < 1.29 is 8.78 Å². The molecule has 1 aliphatic rings. The Kier molecular flexibility index (Phi) is 2.84. The summed E-state index contributed by atoms with van der Waals surface area (Å²) < 4.78 is 27.9. The van der Waals surface area contributed by atoms with Gasteiger partial charge in [-0.25, -0.2) is 8.78 Å². The first-order valence-electron chi connectivity index (χ1n) is 5.83. The summed E-state index contributed by atoms with van der Waals surface area (Å²) in [4.78, 5) is 0. The van der Waals surface area contributed by atoms with Crippen LogP contribution in [0.3, 0.4) is 0 Å². The Bertz CT molecular complexity index is 544. The third kappa shape index (κ3) is 1.85. The van der Waals surface area contributed by atoms with Crippen LogP contribution >= 0.6 is 11.3 Å². The summed E-state index contributed by atoms with van der Waals surface area (Å²) in [6.07, 6.45) is 2.00. The fourth-order valence-corrected chi connectivity index (χ4v) is 3.60. The number of halogens is 2. The minimum absolute atomic E-state index is 0.295. The first-order valence-corrected chi connectivity index (χ1v) is 6.71. The van der Waals surface area contributed by atoms with Gasteiger partial charge in [-0.05, 0) is 54.9 Å². The fourth-order valence-electron chi connectivity index (χ4n) is 2.53. The monoisotopic (exact) mass is 253 g/mol. The lowest BCUT2D eigenvalue weighted by Gasteiger charge is -2.22. The van der Waals surface area contributed by atoms with E-state index in [2.05, 4.69) is 5.32 Å². The van der Waals surface area contributed by atoms with Crippen molar-refractivity contribution in [3.05, 3.63) is 34.7 Å². The van der Waals surface area contributed by atoms with Crippen LogP contribution in [0.25, 0.3) is 10.1 Å². The largest absolute Gasteiger partial charge is 0.317 e. The standard InChI is InChI=1S/C13H13F2NS/c14-10-1-2-11(15)13-12(10)9(7-17-13)8-3-5-16-6-4-8/h1-2,7-8,16H,3-6H2. The van der Waals surface area contributed by atoms with Gasteiger partial charge in [0.05, 0.1) is 4.70 Å². The number of hydrogen-bond acceptors (Lipinski definition) is 2. The first-order chi connectivity index (χ1) is 8.27. The average molecular weight is 253 g/mol. The lowest BCUT2D eigenvalue weighted by atomic mass is 9.90. The van der Waals surface area contributed by atoms with Crippen molar-refractivity contribution >= 4 is 21.4 Å². The van der Waals surface area contributed by atoms with E-state index >= 15 is 0 Å². The molecule has 90 valence electrons. The summed E-state index contributed by atoms with van der Waals surface area (Å²) in [5.74, 6) is -0.246. The molecule has 0 unspecified atom stereocenters. The van der Waals surface area contributed by atoms with Gasteiger partial charge in [0, 0.05) is 5.39 Å². The predicted octanol–water partition coefficient (Wildman–Crippen LogP) is 3.65. The molecule has 0 radical (unpaired) electrons. The molecular weight excluding hydrogens is 240 g/mol. The van der Waals surface area contributed by atoms with E-state index in [0.717, 1.165) is 31.5 Å². The molecule has 4 heteroatoms. The van der Waals surface area contributed by atoms with Gasteiger partial charge in [-0.15, -0.1) is 11.3 Å². The number of piperidine rings is 1. The lowest BCUT2D eigenvalue weighted by molar-refractivity contribution is 0.462. The third-order valence-corrected chi connectivity index (χ3v) is 4.44. The molecule has 1 nitrogen and oxygen atoms in total. The molecule has 1 saturated heterocycles. The Balaban J connectivity index is 2.13. The quantitative estimate of drug-likeness (QED) is 0.818. The predicted molar refractivity (Wildman–Crippen MR) is 66.6 cm³/mol. The molecule has 3 rings (SSSR count).